The van der Waals surface area contributed by atoms with Gasteiger partial charge in [-0.05, 0) is 12.0 Å². The number of halogens is 3. The largest absolute Gasteiger partial charge is 0.406 e. The molecular formula is C15H20F3NO2. The van der Waals surface area contributed by atoms with E-state index in [1.54, 1.807) is 30.3 Å². The van der Waals surface area contributed by atoms with Gasteiger partial charge in [0.05, 0.1) is 18.8 Å². The first kappa shape index (κ1) is 17.7. The maximum atomic E-state index is 13.1. The van der Waals surface area contributed by atoms with Crippen LogP contribution >= 0.6 is 0 Å². The topological polar surface area (TPSA) is 41.5 Å². The van der Waals surface area contributed by atoms with Crippen LogP contribution in [0.1, 0.15) is 18.0 Å². The Bertz CT molecular complexity index is 423. The van der Waals surface area contributed by atoms with Gasteiger partial charge in [-0.25, -0.2) is 0 Å². The van der Waals surface area contributed by atoms with Gasteiger partial charge in [-0.3, -0.25) is 5.32 Å². The fourth-order valence-electron chi connectivity index (χ4n) is 2.04. The third kappa shape index (κ3) is 5.49. The Labute approximate surface area is 122 Å². The van der Waals surface area contributed by atoms with Gasteiger partial charge < -0.3 is 9.84 Å². The lowest BCUT2D eigenvalue weighted by atomic mass is 10.0. The predicted octanol–water partition coefficient (Wildman–Crippen LogP) is 2.83. The third-order valence-electron chi connectivity index (χ3n) is 3.06. The van der Waals surface area contributed by atoms with Crippen LogP contribution in [-0.4, -0.2) is 37.1 Å². The Morgan fingerprint density at radius 1 is 1.33 bits per heavy atom. The van der Waals surface area contributed by atoms with Crippen molar-refractivity contribution in [2.75, 3.05) is 13.7 Å². The molecule has 2 N–H and O–H groups in total. The molecule has 0 saturated heterocycles. The lowest BCUT2D eigenvalue weighted by Gasteiger charge is -2.30. The summed E-state index contributed by atoms with van der Waals surface area (Å²) in [6.45, 7) is 3.43. The molecule has 0 aliphatic carbocycles. The highest BCUT2D eigenvalue weighted by atomic mass is 19.4. The van der Waals surface area contributed by atoms with Crippen LogP contribution in [0.5, 0.6) is 0 Å². The lowest BCUT2D eigenvalue weighted by molar-refractivity contribution is -0.180. The minimum absolute atomic E-state index is 0.0669. The van der Waals surface area contributed by atoms with Crippen LogP contribution in [-0.2, 0) is 4.74 Å². The second-order valence-electron chi connectivity index (χ2n) is 4.70. The Balaban J connectivity index is 2.94. The summed E-state index contributed by atoms with van der Waals surface area (Å²) >= 11 is 0. The molecule has 0 bridgehead atoms. The SMILES string of the molecule is C=CC[C@H](O)[C@@H](N[C@@H](COC)c1ccccc1)C(F)(F)F. The highest BCUT2D eigenvalue weighted by Gasteiger charge is 2.44. The van der Waals surface area contributed by atoms with E-state index < -0.39 is 24.4 Å². The number of hydrogen-bond acceptors (Lipinski definition) is 3. The van der Waals surface area contributed by atoms with Crippen molar-refractivity contribution < 1.29 is 23.0 Å². The van der Waals surface area contributed by atoms with Crippen molar-refractivity contribution in [3.05, 3.63) is 48.6 Å². The van der Waals surface area contributed by atoms with E-state index in [9.17, 15) is 18.3 Å². The summed E-state index contributed by atoms with van der Waals surface area (Å²) in [4.78, 5) is 0. The number of nitrogens with one attached hydrogen (secondary N) is 1. The molecule has 118 valence electrons. The summed E-state index contributed by atoms with van der Waals surface area (Å²) in [5.41, 5.74) is 0.666. The second kappa shape index (κ2) is 8.17. The molecule has 3 atom stereocenters. The second-order valence-corrected chi connectivity index (χ2v) is 4.70. The quantitative estimate of drug-likeness (QED) is 0.726. The zero-order valence-corrected chi connectivity index (χ0v) is 11.8. The van der Waals surface area contributed by atoms with Crippen molar-refractivity contribution in [3.8, 4) is 0 Å². The summed E-state index contributed by atoms with van der Waals surface area (Å²) < 4.78 is 44.3. The Kier molecular flexibility index (Phi) is 6.87. The molecule has 0 fully saturated rings. The van der Waals surface area contributed by atoms with Gasteiger partial charge in [-0.2, -0.15) is 13.2 Å². The molecule has 6 heteroatoms. The van der Waals surface area contributed by atoms with E-state index in [1.165, 1.54) is 13.2 Å². The average molecular weight is 303 g/mol. The monoisotopic (exact) mass is 303 g/mol. The number of alkyl halides is 3. The highest BCUT2D eigenvalue weighted by Crippen LogP contribution is 2.27. The first-order valence-corrected chi connectivity index (χ1v) is 6.55. The minimum Gasteiger partial charge on any atom is -0.391 e. The molecule has 1 aromatic carbocycles. The smallest absolute Gasteiger partial charge is 0.391 e. The normalized spacial score (nSPS) is 16.2. The Morgan fingerprint density at radius 3 is 2.43 bits per heavy atom. The number of hydrogen-bond donors (Lipinski definition) is 2. The van der Waals surface area contributed by atoms with E-state index in [4.69, 9.17) is 4.74 Å². The number of aliphatic hydroxyl groups is 1. The van der Waals surface area contributed by atoms with Crippen molar-refractivity contribution >= 4 is 0 Å². The standard InChI is InChI=1S/C15H20F3NO2/c1-3-7-13(20)14(15(16,17)18)19-12(10-21-2)11-8-5-4-6-9-11/h3-6,8-9,12-14,19-20H,1,7,10H2,2H3/t12-,13-,14+/m0/s1. The maximum Gasteiger partial charge on any atom is 0.406 e. The average Bonchev–Trinajstić information content (AvgIpc) is 2.43. The van der Waals surface area contributed by atoms with E-state index in [2.05, 4.69) is 11.9 Å². The van der Waals surface area contributed by atoms with Gasteiger partial charge in [-0.15, -0.1) is 6.58 Å². The molecule has 0 saturated carbocycles. The van der Waals surface area contributed by atoms with Gasteiger partial charge >= 0.3 is 6.18 Å². The van der Waals surface area contributed by atoms with Gasteiger partial charge in [-0.1, -0.05) is 36.4 Å². The maximum absolute atomic E-state index is 13.1. The van der Waals surface area contributed by atoms with Crippen LogP contribution in [0.4, 0.5) is 13.2 Å². The van der Waals surface area contributed by atoms with Crippen LogP contribution < -0.4 is 5.32 Å². The van der Waals surface area contributed by atoms with Crippen molar-refractivity contribution in [2.24, 2.45) is 0 Å². The molecule has 21 heavy (non-hydrogen) atoms. The summed E-state index contributed by atoms with van der Waals surface area (Å²) in [6, 6.07) is 5.97. The Morgan fingerprint density at radius 2 is 1.95 bits per heavy atom. The highest BCUT2D eigenvalue weighted by molar-refractivity contribution is 5.19. The number of rotatable bonds is 8. The summed E-state index contributed by atoms with van der Waals surface area (Å²) in [5, 5.41) is 12.2. The van der Waals surface area contributed by atoms with Crippen molar-refractivity contribution in [1.82, 2.24) is 5.32 Å². The molecule has 3 nitrogen and oxygen atoms in total. The van der Waals surface area contributed by atoms with Gasteiger partial charge in [0.2, 0.25) is 0 Å². The fourth-order valence-corrected chi connectivity index (χ4v) is 2.04. The van der Waals surface area contributed by atoms with E-state index in [0.29, 0.717) is 5.56 Å². The molecule has 0 aliphatic rings. The number of ether oxygens (including phenoxy) is 1. The van der Waals surface area contributed by atoms with Gasteiger partial charge in [0, 0.05) is 7.11 Å². The molecule has 0 aromatic heterocycles. The van der Waals surface area contributed by atoms with Crippen molar-refractivity contribution in [1.29, 1.82) is 0 Å². The molecule has 0 amide bonds. The first-order chi connectivity index (χ1) is 9.90. The molecule has 0 spiro atoms. The summed E-state index contributed by atoms with van der Waals surface area (Å²) in [6.07, 6.45) is -5.04. The molecule has 0 unspecified atom stereocenters. The van der Waals surface area contributed by atoms with Gasteiger partial charge in [0.1, 0.15) is 6.04 Å². The fraction of sp³-hybridized carbons (Fsp3) is 0.467. The van der Waals surface area contributed by atoms with Crippen LogP contribution in [0.3, 0.4) is 0 Å². The van der Waals surface area contributed by atoms with Crippen LogP contribution in [0.15, 0.2) is 43.0 Å². The lowest BCUT2D eigenvalue weighted by Crippen LogP contribution is -2.52. The van der Waals surface area contributed by atoms with Crippen molar-refractivity contribution in [2.45, 2.75) is 30.8 Å². The molecule has 0 radical (unpaired) electrons. The van der Waals surface area contributed by atoms with Crippen LogP contribution in [0.25, 0.3) is 0 Å². The Hall–Kier alpha value is -1.37. The summed E-state index contributed by atoms with van der Waals surface area (Å²) in [5.74, 6) is 0. The van der Waals surface area contributed by atoms with Crippen molar-refractivity contribution in [3.63, 3.8) is 0 Å². The molecule has 0 heterocycles. The minimum atomic E-state index is -4.57. The number of methoxy groups -OCH3 is 1. The molecule has 0 aliphatic heterocycles. The number of benzene rings is 1. The van der Waals surface area contributed by atoms with E-state index in [1.807, 2.05) is 0 Å². The van der Waals surface area contributed by atoms with E-state index in [0.717, 1.165) is 0 Å². The predicted molar refractivity (Wildman–Crippen MR) is 74.9 cm³/mol. The third-order valence-corrected chi connectivity index (χ3v) is 3.06. The van der Waals surface area contributed by atoms with Gasteiger partial charge in [0.25, 0.3) is 0 Å². The van der Waals surface area contributed by atoms with Crippen LogP contribution in [0, 0.1) is 0 Å². The van der Waals surface area contributed by atoms with Crippen LogP contribution in [0.2, 0.25) is 0 Å². The zero-order valence-electron chi connectivity index (χ0n) is 11.8. The first-order valence-electron chi connectivity index (χ1n) is 6.55. The van der Waals surface area contributed by atoms with E-state index in [-0.39, 0.29) is 13.0 Å². The molecule has 1 aromatic rings. The van der Waals surface area contributed by atoms with E-state index >= 15 is 0 Å². The molecule has 1 rings (SSSR count). The molecular weight excluding hydrogens is 283 g/mol. The number of aliphatic hydroxyl groups excluding tert-OH is 1. The van der Waals surface area contributed by atoms with Gasteiger partial charge in [0.15, 0.2) is 0 Å². The zero-order chi connectivity index (χ0) is 15.9. The summed E-state index contributed by atoms with van der Waals surface area (Å²) in [7, 11) is 1.42.